The molecule has 2 rings (SSSR count). The Labute approximate surface area is 126 Å². The number of hydrogen-bond acceptors (Lipinski definition) is 3. The number of carbonyl (C=O) groups is 1. The highest BCUT2D eigenvalue weighted by Crippen LogP contribution is 2.10. The van der Waals surface area contributed by atoms with Gasteiger partial charge < -0.3 is 5.32 Å². The SMILES string of the molecule is Cc1csc(=O)n1CC(=O)NCCc1cccc(Cl)c1. The van der Waals surface area contributed by atoms with Gasteiger partial charge in [0.15, 0.2) is 0 Å². The smallest absolute Gasteiger partial charge is 0.307 e. The summed E-state index contributed by atoms with van der Waals surface area (Å²) in [7, 11) is 0. The first-order chi connectivity index (χ1) is 9.56. The van der Waals surface area contributed by atoms with E-state index < -0.39 is 0 Å². The lowest BCUT2D eigenvalue weighted by molar-refractivity contribution is -0.121. The molecule has 2 aromatic rings. The van der Waals surface area contributed by atoms with Crippen molar-refractivity contribution in [1.29, 1.82) is 0 Å². The Morgan fingerprint density at radius 2 is 2.25 bits per heavy atom. The molecule has 0 aliphatic rings. The Morgan fingerprint density at radius 3 is 2.90 bits per heavy atom. The summed E-state index contributed by atoms with van der Waals surface area (Å²) in [5.74, 6) is -0.157. The first kappa shape index (κ1) is 14.8. The zero-order valence-electron chi connectivity index (χ0n) is 11.1. The van der Waals surface area contributed by atoms with Gasteiger partial charge in [0.1, 0.15) is 6.54 Å². The van der Waals surface area contributed by atoms with Crippen LogP contribution in [0.15, 0.2) is 34.4 Å². The highest BCUT2D eigenvalue weighted by molar-refractivity contribution is 7.07. The van der Waals surface area contributed by atoms with E-state index in [0.717, 1.165) is 22.6 Å². The summed E-state index contributed by atoms with van der Waals surface area (Å²) in [5, 5.41) is 5.25. The first-order valence-electron chi connectivity index (χ1n) is 6.22. The third-order valence-electron chi connectivity index (χ3n) is 2.90. The number of halogens is 1. The van der Waals surface area contributed by atoms with Crippen molar-refractivity contribution in [3.05, 3.63) is 55.6 Å². The van der Waals surface area contributed by atoms with E-state index in [0.29, 0.717) is 18.0 Å². The molecule has 0 radical (unpaired) electrons. The van der Waals surface area contributed by atoms with Gasteiger partial charge in [-0.15, -0.1) is 0 Å². The average molecular weight is 311 g/mol. The van der Waals surface area contributed by atoms with Crippen molar-refractivity contribution >= 4 is 28.8 Å². The second-order valence-corrected chi connectivity index (χ2v) is 5.72. The van der Waals surface area contributed by atoms with Gasteiger partial charge in [0.2, 0.25) is 5.91 Å². The number of carbonyl (C=O) groups excluding carboxylic acids is 1. The molecule has 0 saturated heterocycles. The van der Waals surface area contributed by atoms with Crippen LogP contribution < -0.4 is 10.2 Å². The highest BCUT2D eigenvalue weighted by atomic mass is 35.5. The second-order valence-electron chi connectivity index (χ2n) is 4.46. The molecule has 4 nitrogen and oxygen atoms in total. The Hall–Kier alpha value is -1.59. The first-order valence-corrected chi connectivity index (χ1v) is 7.48. The van der Waals surface area contributed by atoms with Gasteiger partial charge in [-0.05, 0) is 31.0 Å². The number of hydrogen-bond donors (Lipinski definition) is 1. The largest absolute Gasteiger partial charge is 0.354 e. The van der Waals surface area contributed by atoms with E-state index in [-0.39, 0.29) is 17.3 Å². The Bertz CT molecular complexity index is 663. The van der Waals surface area contributed by atoms with E-state index in [1.165, 1.54) is 4.57 Å². The molecular formula is C14H15ClN2O2S. The molecule has 0 saturated carbocycles. The van der Waals surface area contributed by atoms with E-state index in [1.807, 2.05) is 31.2 Å². The number of aryl methyl sites for hydroxylation is 1. The molecule has 1 aromatic heterocycles. The number of aromatic nitrogens is 1. The summed E-state index contributed by atoms with van der Waals surface area (Å²) in [4.78, 5) is 23.2. The number of nitrogens with zero attached hydrogens (tertiary/aromatic N) is 1. The van der Waals surface area contributed by atoms with Crippen LogP contribution in [-0.4, -0.2) is 17.0 Å². The predicted molar refractivity (Wildman–Crippen MR) is 81.5 cm³/mol. The summed E-state index contributed by atoms with van der Waals surface area (Å²) < 4.78 is 1.47. The molecule has 1 heterocycles. The minimum atomic E-state index is -0.157. The molecular weight excluding hydrogens is 296 g/mol. The molecule has 0 spiro atoms. The molecule has 0 atom stereocenters. The van der Waals surface area contributed by atoms with Gasteiger partial charge in [-0.3, -0.25) is 14.2 Å². The van der Waals surface area contributed by atoms with Crippen molar-refractivity contribution in [2.45, 2.75) is 19.9 Å². The van der Waals surface area contributed by atoms with Gasteiger partial charge in [0.05, 0.1) is 0 Å². The van der Waals surface area contributed by atoms with Crippen molar-refractivity contribution < 1.29 is 4.79 Å². The molecule has 106 valence electrons. The van der Waals surface area contributed by atoms with Crippen molar-refractivity contribution in [2.75, 3.05) is 6.54 Å². The van der Waals surface area contributed by atoms with Crippen LogP contribution in [0.1, 0.15) is 11.3 Å². The molecule has 20 heavy (non-hydrogen) atoms. The van der Waals surface area contributed by atoms with Crippen LogP contribution >= 0.6 is 22.9 Å². The summed E-state index contributed by atoms with van der Waals surface area (Å²) in [6.45, 7) is 2.41. The number of rotatable bonds is 5. The third-order valence-corrected chi connectivity index (χ3v) is 4.02. The van der Waals surface area contributed by atoms with Gasteiger partial charge >= 0.3 is 4.87 Å². The molecule has 1 aromatic carbocycles. The van der Waals surface area contributed by atoms with Crippen LogP contribution in [-0.2, 0) is 17.8 Å². The summed E-state index contributed by atoms with van der Waals surface area (Å²) in [5.41, 5.74) is 1.88. The fraction of sp³-hybridized carbons (Fsp3) is 0.286. The quantitative estimate of drug-likeness (QED) is 0.920. The number of nitrogens with one attached hydrogen (secondary N) is 1. The topological polar surface area (TPSA) is 51.1 Å². The fourth-order valence-electron chi connectivity index (χ4n) is 1.83. The molecule has 0 unspecified atom stereocenters. The molecule has 0 aliphatic carbocycles. The predicted octanol–water partition coefficient (Wildman–Crippen LogP) is 2.23. The van der Waals surface area contributed by atoms with E-state index in [4.69, 9.17) is 11.6 Å². The van der Waals surface area contributed by atoms with Crippen molar-refractivity contribution in [3.63, 3.8) is 0 Å². The van der Waals surface area contributed by atoms with Crippen molar-refractivity contribution in [1.82, 2.24) is 9.88 Å². The molecule has 0 aliphatic heterocycles. The Balaban J connectivity index is 1.83. The molecule has 1 amide bonds. The lowest BCUT2D eigenvalue weighted by atomic mass is 10.1. The maximum Gasteiger partial charge on any atom is 0.307 e. The maximum atomic E-state index is 11.8. The van der Waals surface area contributed by atoms with Crippen molar-refractivity contribution in [2.24, 2.45) is 0 Å². The van der Waals surface area contributed by atoms with Crippen molar-refractivity contribution in [3.8, 4) is 0 Å². The van der Waals surface area contributed by atoms with Crippen LogP contribution in [0.3, 0.4) is 0 Å². The van der Waals surface area contributed by atoms with Crippen LogP contribution in [0.4, 0.5) is 0 Å². The van der Waals surface area contributed by atoms with Crippen LogP contribution in [0.2, 0.25) is 5.02 Å². The van der Waals surface area contributed by atoms with Crippen LogP contribution in [0, 0.1) is 6.92 Å². The summed E-state index contributed by atoms with van der Waals surface area (Å²) in [6, 6.07) is 7.54. The second kappa shape index (κ2) is 6.72. The minimum absolute atomic E-state index is 0.0731. The van der Waals surface area contributed by atoms with Gasteiger partial charge in [-0.1, -0.05) is 35.1 Å². The zero-order chi connectivity index (χ0) is 14.5. The normalized spacial score (nSPS) is 10.5. The monoisotopic (exact) mass is 310 g/mol. The maximum absolute atomic E-state index is 11.8. The lowest BCUT2D eigenvalue weighted by Crippen LogP contribution is -2.32. The third kappa shape index (κ3) is 3.95. The zero-order valence-corrected chi connectivity index (χ0v) is 12.6. The summed E-state index contributed by atoms with van der Waals surface area (Å²) in [6.07, 6.45) is 0.712. The Morgan fingerprint density at radius 1 is 1.45 bits per heavy atom. The fourth-order valence-corrected chi connectivity index (χ4v) is 2.78. The lowest BCUT2D eigenvalue weighted by Gasteiger charge is -2.07. The molecule has 1 N–H and O–H groups in total. The van der Waals surface area contributed by atoms with Gasteiger partial charge in [-0.2, -0.15) is 0 Å². The number of amides is 1. The molecule has 0 bridgehead atoms. The van der Waals surface area contributed by atoms with Gasteiger partial charge in [0, 0.05) is 22.6 Å². The molecule has 6 heteroatoms. The Kier molecular flexibility index (Phi) is 4.98. The van der Waals surface area contributed by atoms with E-state index in [1.54, 1.807) is 5.38 Å². The van der Waals surface area contributed by atoms with Crippen LogP contribution in [0.5, 0.6) is 0 Å². The van der Waals surface area contributed by atoms with Crippen LogP contribution in [0.25, 0.3) is 0 Å². The van der Waals surface area contributed by atoms with Gasteiger partial charge in [0.25, 0.3) is 0 Å². The minimum Gasteiger partial charge on any atom is -0.354 e. The number of thiazole rings is 1. The standard InChI is InChI=1S/C14H15ClN2O2S/c1-10-9-20-14(19)17(10)8-13(18)16-6-5-11-3-2-4-12(15)7-11/h2-4,7,9H,5-6,8H2,1H3,(H,16,18). The molecule has 0 fully saturated rings. The van der Waals surface area contributed by atoms with E-state index in [2.05, 4.69) is 5.32 Å². The average Bonchev–Trinajstić information content (AvgIpc) is 2.71. The number of benzene rings is 1. The van der Waals surface area contributed by atoms with Gasteiger partial charge in [-0.25, -0.2) is 0 Å². The highest BCUT2D eigenvalue weighted by Gasteiger charge is 2.07. The van der Waals surface area contributed by atoms with E-state index in [9.17, 15) is 9.59 Å². The summed E-state index contributed by atoms with van der Waals surface area (Å²) >= 11 is 7.00. The van der Waals surface area contributed by atoms with E-state index >= 15 is 0 Å².